The second kappa shape index (κ2) is 14.7. The van der Waals surface area contributed by atoms with Crippen LogP contribution in [0.5, 0.6) is 0 Å². The van der Waals surface area contributed by atoms with Gasteiger partial charge in [-0.25, -0.2) is 26.5 Å². The topological polar surface area (TPSA) is 172 Å². The van der Waals surface area contributed by atoms with Crippen molar-refractivity contribution >= 4 is 42.6 Å². The van der Waals surface area contributed by atoms with Crippen LogP contribution in [-0.2, 0) is 37.5 Å². The Bertz CT molecular complexity index is 1940. The monoisotopic (exact) mass is 680 g/mol. The number of sulfonamides is 1. The van der Waals surface area contributed by atoms with E-state index in [0.29, 0.717) is 22.0 Å². The summed E-state index contributed by atoms with van der Waals surface area (Å²) in [6.07, 6.45) is -0.325. The molecule has 0 radical (unpaired) electrons. The lowest BCUT2D eigenvalue weighted by atomic mass is 9.93. The molecule has 1 heterocycles. The van der Waals surface area contributed by atoms with Gasteiger partial charge in [-0.15, -0.1) is 0 Å². The second-order valence-electron chi connectivity index (χ2n) is 12.5. The Hall–Kier alpha value is -4.17. The quantitative estimate of drug-likeness (QED) is 0.167. The zero-order valence-corrected chi connectivity index (χ0v) is 28.3. The molecule has 0 unspecified atom stereocenters. The van der Waals surface area contributed by atoms with Gasteiger partial charge in [0, 0.05) is 22.9 Å². The zero-order valence-electron chi connectivity index (χ0n) is 26.7. The van der Waals surface area contributed by atoms with Gasteiger partial charge in [0.05, 0.1) is 29.7 Å². The van der Waals surface area contributed by atoms with E-state index in [1.54, 1.807) is 78.9 Å². The molecule has 0 saturated heterocycles. The zero-order chi connectivity index (χ0) is 34.4. The summed E-state index contributed by atoms with van der Waals surface area (Å²) in [5.41, 5.74) is 1.57. The van der Waals surface area contributed by atoms with Crippen LogP contribution in [0.3, 0.4) is 0 Å². The molecule has 0 aliphatic rings. The van der Waals surface area contributed by atoms with E-state index < -0.39 is 55.2 Å². The highest BCUT2D eigenvalue weighted by atomic mass is 32.2. The molecule has 4 aromatic rings. The Balaban J connectivity index is 1.62. The van der Waals surface area contributed by atoms with Gasteiger partial charge >= 0.3 is 0 Å². The average Bonchev–Trinajstić information content (AvgIpc) is 2.99. The van der Waals surface area contributed by atoms with Crippen molar-refractivity contribution in [2.75, 3.05) is 12.0 Å². The Morgan fingerprint density at radius 1 is 0.830 bits per heavy atom. The predicted octanol–water partition coefficient (Wildman–Crippen LogP) is 2.79. The molecule has 13 heteroatoms. The average molecular weight is 681 g/mol. The van der Waals surface area contributed by atoms with Crippen molar-refractivity contribution in [3.05, 3.63) is 108 Å². The molecule has 0 spiro atoms. The standard InChI is InChI=1S/C34H40N4O7S2/c1-34(2,3)37-32(40)26-16-10-8-15-25(26)21-30(39)28(20-23-12-6-5-7-13-23)36-33(41)29(38-46(4,42)43)22-47(44,45)31-19-18-24-14-9-11-17-27(24)35-31/h5-19,28-30,38-39H,20-22H2,1-4H3,(H,36,41)(H,37,40)/t28-,29+,30+/m0/s1. The molecular formula is C34H40N4O7S2. The number of aliphatic hydroxyl groups excluding tert-OH is 1. The summed E-state index contributed by atoms with van der Waals surface area (Å²) in [5.74, 6) is -2.19. The molecule has 250 valence electrons. The van der Waals surface area contributed by atoms with E-state index in [9.17, 15) is 31.5 Å². The largest absolute Gasteiger partial charge is 0.391 e. The number of rotatable bonds is 13. The van der Waals surface area contributed by atoms with Crippen molar-refractivity contribution in [1.29, 1.82) is 0 Å². The smallest absolute Gasteiger partial charge is 0.251 e. The van der Waals surface area contributed by atoms with E-state index in [-0.39, 0.29) is 23.8 Å². The van der Waals surface area contributed by atoms with Crippen LogP contribution in [0.15, 0.2) is 96.0 Å². The highest BCUT2D eigenvalue weighted by Gasteiger charge is 2.33. The van der Waals surface area contributed by atoms with Crippen LogP contribution in [0.1, 0.15) is 42.3 Å². The highest BCUT2D eigenvalue weighted by molar-refractivity contribution is 7.91. The lowest BCUT2D eigenvalue weighted by Crippen LogP contribution is -2.55. The maximum atomic E-state index is 13.7. The number of fused-ring (bicyclic) bond motifs is 1. The minimum Gasteiger partial charge on any atom is -0.391 e. The first-order chi connectivity index (χ1) is 22.0. The molecule has 47 heavy (non-hydrogen) atoms. The SMILES string of the molecule is CC(C)(C)NC(=O)c1ccccc1C[C@@H](O)[C@H](Cc1ccccc1)NC(=O)[C@@H](CS(=O)(=O)c1ccc2ccccc2n1)NS(C)(=O)=O. The van der Waals surface area contributed by atoms with Crippen molar-refractivity contribution in [2.24, 2.45) is 0 Å². The molecule has 1 aromatic heterocycles. The fraction of sp³-hybridized carbons (Fsp3) is 0.324. The Morgan fingerprint density at radius 2 is 1.47 bits per heavy atom. The number of pyridine rings is 1. The fourth-order valence-corrected chi connectivity index (χ4v) is 7.25. The van der Waals surface area contributed by atoms with Crippen LogP contribution < -0.4 is 15.4 Å². The number of benzene rings is 3. The van der Waals surface area contributed by atoms with E-state index in [4.69, 9.17) is 0 Å². The van der Waals surface area contributed by atoms with Crippen LogP contribution in [0.2, 0.25) is 0 Å². The summed E-state index contributed by atoms with van der Waals surface area (Å²) in [7, 11) is -8.32. The van der Waals surface area contributed by atoms with E-state index in [1.165, 1.54) is 6.07 Å². The van der Waals surface area contributed by atoms with Gasteiger partial charge in [0.2, 0.25) is 15.9 Å². The Morgan fingerprint density at radius 3 is 2.15 bits per heavy atom. The number of amides is 2. The number of hydrogen-bond donors (Lipinski definition) is 4. The summed E-state index contributed by atoms with van der Waals surface area (Å²) < 4.78 is 53.7. The number of nitrogens with one attached hydrogen (secondary N) is 3. The van der Waals surface area contributed by atoms with E-state index in [1.807, 2.05) is 26.8 Å². The van der Waals surface area contributed by atoms with Crippen molar-refractivity contribution in [3.63, 3.8) is 0 Å². The van der Waals surface area contributed by atoms with Gasteiger partial charge in [-0.2, -0.15) is 0 Å². The van der Waals surface area contributed by atoms with Gasteiger partial charge in [-0.05, 0) is 62.6 Å². The second-order valence-corrected chi connectivity index (χ2v) is 16.3. The first-order valence-corrected chi connectivity index (χ1v) is 18.5. The number of sulfone groups is 1. The van der Waals surface area contributed by atoms with Crippen LogP contribution in [0.4, 0.5) is 0 Å². The number of hydrogen-bond acceptors (Lipinski definition) is 8. The molecule has 3 aromatic carbocycles. The number of aromatic nitrogens is 1. The predicted molar refractivity (Wildman–Crippen MR) is 181 cm³/mol. The van der Waals surface area contributed by atoms with Gasteiger partial charge in [-0.3, -0.25) is 9.59 Å². The molecule has 0 aliphatic carbocycles. The Kier molecular flexibility index (Phi) is 11.2. The van der Waals surface area contributed by atoms with Gasteiger partial charge < -0.3 is 15.7 Å². The third kappa shape index (κ3) is 10.4. The maximum Gasteiger partial charge on any atom is 0.251 e. The minimum absolute atomic E-state index is 0.0327. The van der Waals surface area contributed by atoms with Gasteiger partial charge in [-0.1, -0.05) is 66.7 Å². The molecule has 11 nitrogen and oxygen atoms in total. The van der Waals surface area contributed by atoms with Gasteiger partial charge in [0.1, 0.15) is 6.04 Å². The third-order valence-electron chi connectivity index (χ3n) is 7.22. The van der Waals surface area contributed by atoms with Crippen molar-refractivity contribution < 1.29 is 31.5 Å². The van der Waals surface area contributed by atoms with E-state index in [2.05, 4.69) is 20.3 Å². The van der Waals surface area contributed by atoms with Crippen LogP contribution in [-0.4, -0.2) is 74.5 Å². The van der Waals surface area contributed by atoms with Gasteiger partial charge in [0.15, 0.2) is 14.9 Å². The molecule has 0 bridgehead atoms. The maximum absolute atomic E-state index is 13.7. The highest BCUT2D eigenvalue weighted by Crippen LogP contribution is 2.19. The minimum atomic E-state index is -4.27. The lowest BCUT2D eigenvalue weighted by Gasteiger charge is -2.28. The van der Waals surface area contributed by atoms with E-state index in [0.717, 1.165) is 11.8 Å². The third-order valence-corrected chi connectivity index (χ3v) is 9.57. The number of para-hydroxylation sites is 1. The number of carbonyl (C=O) groups is 2. The molecule has 4 rings (SSSR count). The first kappa shape index (κ1) is 35.7. The van der Waals surface area contributed by atoms with E-state index >= 15 is 0 Å². The molecular weight excluding hydrogens is 641 g/mol. The molecule has 2 amide bonds. The fourth-order valence-electron chi connectivity index (χ4n) is 5.08. The van der Waals surface area contributed by atoms with Crippen molar-refractivity contribution in [3.8, 4) is 0 Å². The first-order valence-electron chi connectivity index (χ1n) is 15.0. The summed E-state index contributed by atoms with van der Waals surface area (Å²) in [4.78, 5) is 31.0. The van der Waals surface area contributed by atoms with Crippen molar-refractivity contribution in [2.45, 2.75) is 62.4 Å². The number of carbonyl (C=O) groups excluding carboxylic acids is 2. The van der Waals surface area contributed by atoms with Crippen molar-refractivity contribution in [1.82, 2.24) is 20.3 Å². The number of aliphatic hydroxyl groups is 1. The van der Waals surface area contributed by atoms with Gasteiger partial charge in [0.25, 0.3) is 5.91 Å². The molecule has 0 aliphatic heterocycles. The summed E-state index contributed by atoms with van der Waals surface area (Å²) in [5, 5.41) is 17.5. The summed E-state index contributed by atoms with van der Waals surface area (Å²) >= 11 is 0. The Labute approximate surface area is 275 Å². The molecule has 0 saturated carbocycles. The normalized spacial score (nSPS) is 14.2. The van der Waals surface area contributed by atoms with Crippen LogP contribution in [0.25, 0.3) is 10.9 Å². The lowest BCUT2D eigenvalue weighted by molar-refractivity contribution is -0.123. The number of nitrogens with zero attached hydrogens (tertiary/aromatic N) is 1. The summed E-state index contributed by atoms with van der Waals surface area (Å²) in [6, 6.07) is 22.9. The summed E-state index contributed by atoms with van der Waals surface area (Å²) in [6.45, 7) is 5.56. The molecule has 3 atom stereocenters. The molecule has 0 fully saturated rings. The van der Waals surface area contributed by atoms with Crippen LogP contribution >= 0.6 is 0 Å². The van der Waals surface area contributed by atoms with Crippen LogP contribution in [0, 0.1) is 0 Å². The molecule has 4 N–H and O–H groups in total.